The second-order valence-electron chi connectivity index (χ2n) is 7.39. The third kappa shape index (κ3) is 2.89. The van der Waals surface area contributed by atoms with Crippen LogP contribution in [-0.2, 0) is 0 Å². The van der Waals surface area contributed by atoms with Gasteiger partial charge in [0.2, 0.25) is 0 Å². The predicted molar refractivity (Wildman–Crippen MR) is 111 cm³/mol. The highest BCUT2D eigenvalue weighted by Gasteiger charge is 2.42. The monoisotopic (exact) mass is 379 g/mol. The van der Waals surface area contributed by atoms with Crippen LogP contribution in [0.25, 0.3) is 0 Å². The van der Waals surface area contributed by atoms with Gasteiger partial charge in [0, 0.05) is 30.8 Å². The molecule has 2 N–H and O–H groups in total. The molecular formula is C22H25N3O3. The van der Waals surface area contributed by atoms with Crippen molar-refractivity contribution in [1.29, 1.82) is 0 Å². The maximum absolute atomic E-state index is 11.5. The van der Waals surface area contributed by atoms with Crippen molar-refractivity contribution in [3.05, 3.63) is 69.8 Å². The molecule has 3 atom stereocenters. The number of hydrogen-bond acceptors (Lipinski definition) is 5. The minimum atomic E-state index is -0.359. The van der Waals surface area contributed by atoms with Gasteiger partial charge in [-0.05, 0) is 49.9 Å². The van der Waals surface area contributed by atoms with Crippen LogP contribution in [0.1, 0.15) is 43.4 Å². The fourth-order valence-corrected chi connectivity index (χ4v) is 4.65. The Hall–Kier alpha value is -3.02. The predicted octanol–water partition coefficient (Wildman–Crippen LogP) is 4.97. The van der Waals surface area contributed by atoms with E-state index in [1.54, 1.807) is 0 Å². The first-order valence-corrected chi connectivity index (χ1v) is 9.83. The van der Waals surface area contributed by atoms with E-state index in [4.69, 9.17) is 0 Å². The van der Waals surface area contributed by atoms with Gasteiger partial charge in [-0.2, -0.15) is 0 Å². The Morgan fingerprint density at radius 3 is 2.54 bits per heavy atom. The minimum absolute atomic E-state index is 0.00819. The van der Waals surface area contributed by atoms with Gasteiger partial charge < -0.3 is 15.3 Å². The SMILES string of the molecule is CCN(CC)c1ccc(C2Nc3c(O)ccc([N+](=O)[O-])c3C3C=CCC32)cc1. The lowest BCUT2D eigenvalue weighted by molar-refractivity contribution is -0.385. The number of nitro benzene ring substituents is 1. The second-order valence-corrected chi connectivity index (χ2v) is 7.39. The summed E-state index contributed by atoms with van der Waals surface area (Å²) in [6.45, 7) is 6.19. The molecule has 1 aliphatic heterocycles. The summed E-state index contributed by atoms with van der Waals surface area (Å²) in [4.78, 5) is 13.5. The van der Waals surface area contributed by atoms with E-state index >= 15 is 0 Å². The lowest BCUT2D eigenvalue weighted by Crippen LogP contribution is -2.29. The second kappa shape index (κ2) is 7.19. The molecule has 2 aliphatic rings. The van der Waals surface area contributed by atoms with Crippen molar-refractivity contribution in [2.45, 2.75) is 32.2 Å². The van der Waals surface area contributed by atoms with Gasteiger partial charge in [0.1, 0.15) is 5.75 Å². The highest BCUT2D eigenvalue weighted by atomic mass is 16.6. The Morgan fingerprint density at radius 2 is 1.89 bits per heavy atom. The summed E-state index contributed by atoms with van der Waals surface area (Å²) >= 11 is 0. The number of allylic oxidation sites excluding steroid dienone is 2. The van der Waals surface area contributed by atoms with E-state index < -0.39 is 0 Å². The number of benzene rings is 2. The van der Waals surface area contributed by atoms with Gasteiger partial charge in [-0.25, -0.2) is 0 Å². The smallest absolute Gasteiger partial charge is 0.275 e. The summed E-state index contributed by atoms with van der Waals surface area (Å²) in [6, 6.07) is 11.3. The molecule has 4 rings (SSSR count). The van der Waals surface area contributed by atoms with E-state index in [0.29, 0.717) is 11.3 Å². The highest BCUT2D eigenvalue weighted by Crippen LogP contribution is 2.54. The zero-order chi connectivity index (χ0) is 19.8. The number of nitro groups is 1. The van der Waals surface area contributed by atoms with Crippen molar-refractivity contribution < 1.29 is 10.0 Å². The average Bonchev–Trinajstić information content (AvgIpc) is 3.19. The van der Waals surface area contributed by atoms with Crippen molar-refractivity contribution in [1.82, 2.24) is 0 Å². The van der Waals surface area contributed by atoms with E-state index in [0.717, 1.165) is 25.1 Å². The normalized spacial score (nSPS) is 22.3. The van der Waals surface area contributed by atoms with Crippen LogP contribution in [0.3, 0.4) is 0 Å². The summed E-state index contributed by atoms with van der Waals surface area (Å²) in [5, 5.41) is 25.4. The van der Waals surface area contributed by atoms with E-state index in [1.165, 1.54) is 17.8 Å². The first-order valence-electron chi connectivity index (χ1n) is 9.83. The quantitative estimate of drug-likeness (QED) is 0.332. The fourth-order valence-electron chi connectivity index (χ4n) is 4.65. The van der Waals surface area contributed by atoms with Crippen molar-refractivity contribution >= 4 is 17.1 Å². The number of nitrogens with zero attached hydrogens (tertiary/aromatic N) is 2. The van der Waals surface area contributed by atoms with E-state index in [1.807, 2.05) is 6.08 Å². The minimum Gasteiger partial charge on any atom is -0.506 e. The number of phenols is 1. The third-order valence-corrected chi connectivity index (χ3v) is 6.05. The van der Waals surface area contributed by atoms with Crippen LogP contribution in [0.15, 0.2) is 48.6 Å². The van der Waals surface area contributed by atoms with E-state index in [-0.39, 0.29) is 34.2 Å². The molecule has 0 fully saturated rings. The maximum Gasteiger partial charge on any atom is 0.275 e. The van der Waals surface area contributed by atoms with Crippen LogP contribution >= 0.6 is 0 Å². The van der Waals surface area contributed by atoms with Gasteiger partial charge in [0.15, 0.2) is 0 Å². The molecule has 1 aliphatic carbocycles. The fraction of sp³-hybridized carbons (Fsp3) is 0.364. The highest BCUT2D eigenvalue weighted by molar-refractivity contribution is 5.73. The zero-order valence-corrected chi connectivity index (χ0v) is 16.1. The molecule has 0 bridgehead atoms. The van der Waals surface area contributed by atoms with Crippen LogP contribution in [0, 0.1) is 16.0 Å². The Bertz CT molecular complexity index is 919. The lowest BCUT2D eigenvalue weighted by Gasteiger charge is -2.37. The molecule has 6 heteroatoms. The van der Waals surface area contributed by atoms with Gasteiger partial charge in [0.25, 0.3) is 5.69 Å². The Morgan fingerprint density at radius 1 is 1.18 bits per heavy atom. The van der Waals surface area contributed by atoms with Gasteiger partial charge in [-0.1, -0.05) is 24.3 Å². The largest absolute Gasteiger partial charge is 0.506 e. The third-order valence-electron chi connectivity index (χ3n) is 6.05. The summed E-state index contributed by atoms with van der Waals surface area (Å²) in [7, 11) is 0. The molecule has 0 saturated heterocycles. The number of phenolic OH excluding ortho intramolecular Hbond substituents is 1. The summed E-state index contributed by atoms with van der Waals surface area (Å²) in [6.07, 6.45) is 5.00. The van der Waals surface area contributed by atoms with Gasteiger partial charge >= 0.3 is 0 Å². The number of hydrogen-bond donors (Lipinski definition) is 2. The van der Waals surface area contributed by atoms with Crippen LogP contribution in [0.5, 0.6) is 5.75 Å². The van der Waals surface area contributed by atoms with Crippen molar-refractivity contribution in [2.75, 3.05) is 23.3 Å². The molecule has 0 radical (unpaired) electrons. The summed E-state index contributed by atoms with van der Waals surface area (Å²) < 4.78 is 0. The molecule has 3 unspecified atom stereocenters. The van der Waals surface area contributed by atoms with Gasteiger partial charge in [-0.15, -0.1) is 0 Å². The average molecular weight is 379 g/mol. The van der Waals surface area contributed by atoms with Crippen LogP contribution < -0.4 is 10.2 Å². The molecule has 6 nitrogen and oxygen atoms in total. The van der Waals surface area contributed by atoms with Gasteiger partial charge in [-0.3, -0.25) is 10.1 Å². The first-order chi connectivity index (χ1) is 13.5. The number of fused-ring (bicyclic) bond motifs is 3. The molecule has 146 valence electrons. The van der Waals surface area contributed by atoms with Crippen molar-refractivity contribution in [3.63, 3.8) is 0 Å². The Kier molecular flexibility index (Phi) is 4.71. The Labute approximate surface area is 164 Å². The van der Waals surface area contributed by atoms with Gasteiger partial charge in [0.05, 0.1) is 22.2 Å². The first kappa shape index (κ1) is 18.3. The van der Waals surface area contributed by atoms with Crippen molar-refractivity contribution in [2.24, 2.45) is 5.92 Å². The summed E-state index contributed by atoms with van der Waals surface area (Å²) in [5.41, 5.74) is 3.47. The molecule has 28 heavy (non-hydrogen) atoms. The topological polar surface area (TPSA) is 78.6 Å². The Balaban J connectivity index is 1.74. The number of nitrogens with one attached hydrogen (secondary N) is 1. The molecule has 1 heterocycles. The zero-order valence-electron chi connectivity index (χ0n) is 16.1. The lowest BCUT2D eigenvalue weighted by atomic mass is 9.76. The molecule has 2 aromatic carbocycles. The molecule has 0 spiro atoms. The van der Waals surface area contributed by atoms with Crippen LogP contribution in [-0.4, -0.2) is 23.1 Å². The van der Waals surface area contributed by atoms with Crippen molar-refractivity contribution in [3.8, 4) is 5.75 Å². The molecule has 0 saturated carbocycles. The molecule has 0 amide bonds. The maximum atomic E-state index is 11.5. The number of rotatable bonds is 5. The standard InChI is InChI=1S/C22H25N3O3/c1-3-24(4-2)15-10-8-14(9-11-15)21-17-7-5-6-16(17)20-18(25(27)28)12-13-19(26)22(20)23-21/h5-6,8-13,16-17,21,23,26H,3-4,7H2,1-2H3. The van der Waals surface area contributed by atoms with Crippen LogP contribution in [0.4, 0.5) is 17.1 Å². The number of aromatic hydroxyl groups is 1. The van der Waals surface area contributed by atoms with Crippen LogP contribution in [0.2, 0.25) is 0 Å². The molecule has 0 aromatic heterocycles. The summed E-state index contributed by atoms with van der Waals surface area (Å²) in [5.74, 6) is 0.174. The number of anilines is 2. The van der Waals surface area contributed by atoms with E-state index in [2.05, 4.69) is 54.4 Å². The van der Waals surface area contributed by atoms with E-state index in [9.17, 15) is 15.2 Å². The molecular weight excluding hydrogens is 354 g/mol. The molecule has 2 aromatic rings.